The van der Waals surface area contributed by atoms with Gasteiger partial charge < -0.3 is 10.6 Å². The van der Waals surface area contributed by atoms with Gasteiger partial charge in [-0.25, -0.2) is 9.97 Å². The van der Waals surface area contributed by atoms with Crippen molar-refractivity contribution in [3.05, 3.63) is 65.1 Å². The van der Waals surface area contributed by atoms with Crippen LogP contribution >= 0.6 is 0 Å². The molecule has 1 aromatic carbocycles. The van der Waals surface area contributed by atoms with Crippen LogP contribution in [0.5, 0.6) is 0 Å². The first-order valence-electron chi connectivity index (χ1n) is 10.6. The van der Waals surface area contributed by atoms with Crippen molar-refractivity contribution in [2.45, 2.75) is 51.7 Å². The molecule has 0 aliphatic heterocycles. The zero-order chi connectivity index (χ0) is 23.8. The van der Waals surface area contributed by atoms with Crippen molar-refractivity contribution in [1.82, 2.24) is 20.3 Å². The number of alkyl halides is 3. The molecule has 0 atom stereocenters. The van der Waals surface area contributed by atoms with E-state index in [9.17, 15) is 18.0 Å². The van der Waals surface area contributed by atoms with Crippen molar-refractivity contribution < 1.29 is 18.0 Å². The number of halogens is 3. The number of hydrogen-bond donors (Lipinski definition) is 2. The Morgan fingerprint density at radius 1 is 1.15 bits per heavy atom. The highest BCUT2D eigenvalue weighted by atomic mass is 19.4. The minimum Gasteiger partial charge on any atom is -0.352 e. The van der Waals surface area contributed by atoms with Crippen LogP contribution in [0, 0.1) is 0 Å². The van der Waals surface area contributed by atoms with Gasteiger partial charge in [0.05, 0.1) is 16.9 Å². The molecule has 0 radical (unpaired) electrons. The molecule has 172 valence electrons. The Balaban J connectivity index is 1.63. The average molecular weight is 455 g/mol. The number of pyridine rings is 1. The Bertz CT molecular complexity index is 1210. The molecule has 2 heterocycles. The zero-order valence-electron chi connectivity index (χ0n) is 18.5. The summed E-state index contributed by atoms with van der Waals surface area (Å²) in [5, 5.41) is 5.20. The number of nitrogens with zero attached hydrogens (tertiary/aromatic N) is 3. The Morgan fingerprint density at radius 3 is 2.67 bits per heavy atom. The van der Waals surface area contributed by atoms with Gasteiger partial charge in [-0.3, -0.25) is 9.78 Å². The van der Waals surface area contributed by atoms with Crippen molar-refractivity contribution in [3.8, 4) is 11.3 Å². The lowest BCUT2D eigenvalue weighted by atomic mass is 9.86. The van der Waals surface area contributed by atoms with E-state index >= 15 is 0 Å². The Morgan fingerprint density at radius 2 is 1.94 bits per heavy atom. The summed E-state index contributed by atoms with van der Waals surface area (Å²) in [6, 6.07) is 7.60. The summed E-state index contributed by atoms with van der Waals surface area (Å²) in [7, 11) is 0. The monoisotopic (exact) mass is 455 g/mol. The molecule has 0 bridgehead atoms. The van der Waals surface area contributed by atoms with E-state index in [1.807, 2.05) is 0 Å². The number of aryl methyl sites for hydroxylation is 1. The Hall–Kier alpha value is -3.49. The number of nitrogens with one attached hydrogen (secondary N) is 2. The molecule has 4 rings (SSSR count). The van der Waals surface area contributed by atoms with Gasteiger partial charge in [0.25, 0.3) is 0 Å². The van der Waals surface area contributed by atoms with Crippen molar-refractivity contribution in [3.63, 3.8) is 0 Å². The second-order valence-corrected chi connectivity index (χ2v) is 8.78. The molecule has 0 spiro atoms. The number of carbonyl (C=O) groups is 1. The molecule has 33 heavy (non-hydrogen) atoms. The van der Waals surface area contributed by atoms with E-state index in [1.54, 1.807) is 12.3 Å². The summed E-state index contributed by atoms with van der Waals surface area (Å²) in [4.78, 5) is 24.2. The number of aromatic nitrogens is 3. The third kappa shape index (κ3) is 4.97. The van der Waals surface area contributed by atoms with Gasteiger partial charge in [0.15, 0.2) is 0 Å². The molecule has 1 aliphatic rings. The average Bonchev–Trinajstić information content (AvgIpc) is 3.06. The molecular formula is C24H24F3N5O. The third-order valence-corrected chi connectivity index (χ3v) is 5.81. The van der Waals surface area contributed by atoms with E-state index in [-0.39, 0.29) is 29.5 Å². The summed E-state index contributed by atoms with van der Waals surface area (Å²) in [5.41, 5.74) is 2.93. The predicted octanol–water partition coefficient (Wildman–Crippen LogP) is 5.16. The highest BCUT2D eigenvalue weighted by Crippen LogP contribution is 2.39. The van der Waals surface area contributed by atoms with Gasteiger partial charge in [0, 0.05) is 37.1 Å². The minimum absolute atomic E-state index is 0.00630. The van der Waals surface area contributed by atoms with Gasteiger partial charge in [-0.1, -0.05) is 19.9 Å². The maximum Gasteiger partial charge on any atom is 0.418 e. The number of anilines is 2. The Kier molecular flexibility index (Phi) is 5.82. The van der Waals surface area contributed by atoms with Crippen molar-refractivity contribution in [1.29, 1.82) is 0 Å². The lowest BCUT2D eigenvalue weighted by molar-refractivity contribution is -0.137. The highest BCUT2D eigenvalue weighted by Gasteiger charge is 2.34. The van der Waals surface area contributed by atoms with E-state index < -0.39 is 11.7 Å². The largest absolute Gasteiger partial charge is 0.418 e. The van der Waals surface area contributed by atoms with Crippen molar-refractivity contribution in [2.75, 3.05) is 5.32 Å². The normalized spacial score (nSPS) is 14.6. The molecule has 0 fully saturated rings. The lowest BCUT2D eigenvalue weighted by Gasteiger charge is -2.19. The SMILES string of the molecule is CC(=O)NCc1ccc(Nc2nccc(-c3cnc4c(c3)C(C)(C)CC4)n2)c(C(F)(F)F)c1. The van der Waals surface area contributed by atoms with E-state index in [4.69, 9.17) is 0 Å². The fourth-order valence-corrected chi connectivity index (χ4v) is 3.96. The van der Waals surface area contributed by atoms with Gasteiger partial charge in [-0.05, 0) is 53.6 Å². The number of amides is 1. The van der Waals surface area contributed by atoms with Crippen molar-refractivity contribution in [2.24, 2.45) is 0 Å². The second kappa shape index (κ2) is 8.46. The molecule has 0 unspecified atom stereocenters. The molecule has 6 nitrogen and oxygen atoms in total. The van der Waals surface area contributed by atoms with Gasteiger partial charge in [0.1, 0.15) is 0 Å². The van der Waals surface area contributed by atoms with E-state index in [0.29, 0.717) is 11.3 Å². The topological polar surface area (TPSA) is 79.8 Å². The number of fused-ring (bicyclic) bond motifs is 1. The predicted molar refractivity (Wildman–Crippen MR) is 119 cm³/mol. The number of carbonyl (C=O) groups excluding carboxylic acids is 1. The van der Waals surface area contributed by atoms with Gasteiger partial charge in [-0.15, -0.1) is 0 Å². The molecule has 2 aromatic heterocycles. The quantitative estimate of drug-likeness (QED) is 0.556. The molecule has 0 saturated heterocycles. The summed E-state index contributed by atoms with van der Waals surface area (Å²) in [6.45, 7) is 5.66. The fraction of sp³-hybridized carbons (Fsp3) is 0.333. The van der Waals surface area contributed by atoms with Crippen LogP contribution in [0.4, 0.5) is 24.8 Å². The van der Waals surface area contributed by atoms with E-state index in [0.717, 1.165) is 30.2 Å². The van der Waals surface area contributed by atoms with Crippen LogP contribution in [0.2, 0.25) is 0 Å². The van der Waals surface area contributed by atoms with Crippen LogP contribution in [0.25, 0.3) is 11.3 Å². The van der Waals surface area contributed by atoms with Gasteiger partial charge in [0.2, 0.25) is 11.9 Å². The van der Waals surface area contributed by atoms with Crippen LogP contribution in [0.3, 0.4) is 0 Å². The summed E-state index contributed by atoms with van der Waals surface area (Å²) in [6.07, 6.45) is 0.596. The van der Waals surface area contributed by atoms with Gasteiger partial charge >= 0.3 is 6.18 Å². The van der Waals surface area contributed by atoms with E-state index in [1.165, 1.54) is 30.8 Å². The van der Waals surface area contributed by atoms with Gasteiger partial charge in [-0.2, -0.15) is 13.2 Å². The molecule has 1 amide bonds. The molecule has 0 saturated carbocycles. The summed E-state index contributed by atoms with van der Waals surface area (Å²) >= 11 is 0. The maximum absolute atomic E-state index is 13.7. The molecular weight excluding hydrogens is 431 g/mol. The number of benzene rings is 1. The first-order chi connectivity index (χ1) is 15.5. The summed E-state index contributed by atoms with van der Waals surface area (Å²) in [5.74, 6) is -0.271. The highest BCUT2D eigenvalue weighted by molar-refractivity contribution is 5.73. The Labute approximate surface area is 189 Å². The number of hydrogen-bond acceptors (Lipinski definition) is 5. The first kappa shape index (κ1) is 22.7. The number of rotatable bonds is 5. The standard InChI is InChI=1S/C24H24F3N5O/c1-14(33)29-12-15-4-5-21(18(10-15)24(25,26)27)32-22-28-9-7-19(31-22)16-11-17-20(30-13-16)6-8-23(17,2)3/h4-5,7,9-11,13H,6,8,12H2,1-3H3,(H,29,33)(H,28,31,32). The molecule has 3 aromatic rings. The third-order valence-electron chi connectivity index (χ3n) is 5.81. The minimum atomic E-state index is -4.60. The van der Waals surface area contributed by atoms with Crippen LogP contribution in [-0.2, 0) is 29.4 Å². The fourth-order valence-electron chi connectivity index (χ4n) is 3.96. The van der Waals surface area contributed by atoms with Crippen molar-refractivity contribution >= 4 is 17.5 Å². The van der Waals surface area contributed by atoms with Crippen LogP contribution in [0.15, 0.2) is 42.7 Å². The maximum atomic E-state index is 13.7. The molecule has 9 heteroatoms. The zero-order valence-corrected chi connectivity index (χ0v) is 18.5. The van der Waals surface area contributed by atoms with E-state index in [2.05, 4.69) is 45.5 Å². The summed E-state index contributed by atoms with van der Waals surface area (Å²) < 4.78 is 41.1. The second-order valence-electron chi connectivity index (χ2n) is 8.78. The lowest BCUT2D eigenvalue weighted by Crippen LogP contribution is -2.19. The van der Waals surface area contributed by atoms with Crippen LogP contribution in [-0.4, -0.2) is 20.9 Å². The molecule has 1 aliphatic carbocycles. The van der Waals surface area contributed by atoms with Crippen LogP contribution in [0.1, 0.15) is 49.6 Å². The smallest absolute Gasteiger partial charge is 0.352 e. The molecule has 2 N–H and O–H groups in total. The first-order valence-corrected chi connectivity index (χ1v) is 10.6. The van der Waals surface area contributed by atoms with Crippen LogP contribution < -0.4 is 10.6 Å².